The minimum absolute atomic E-state index is 0.632. The van der Waals surface area contributed by atoms with E-state index in [1.54, 1.807) is 7.11 Å². The van der Waals surface area contributed by atoms with Crippen molar-refractivity contribution in [2.45, 2.75) is 32.9 Å². The van der Waals surface area contributed by atoms with Crippen LogP contribution in [0.1, 0.15) is 30.3 Å². The van der Waals surface area contributed by atoms with E-state index in [9.17, 15) is 0 Å². The Hall–Kier alpha value is -1.46. The second-order valence-corrected chi connectivity index (χ2v) is 5.66. The maximum atomic E-state index is 5.16. The van der Waals surface area contributed by atoms with Crippen LogP contribution >= 0.6 is 15.9 Å². The fraction of sp³-hybridized carbons (Fsp3) is 0.375. The molecule has 0 aliphatic rings. The van der Waals surface area contributed by atoms with Crippen LogP contribution in [0.5, 0.6) is 0 Å². The molecule has 0 unspecified atom stereocenters. The highest BCUT2D eigenvalue weighted by molar-refractivity contribution is 9.10. The summed E-state index contributed by atoms with van der Waals surface area (Å²) in [5.41, 5.74) is 2.38. The van der Waals surface area contributed by atoms with Crippen molar-refractivity contribution in [2.75, 3.05) is 12.4 Å². The third-order valence-electron chi connectivity index (χ3n) is 2.99. The van der Waals surface area contributed by atoms with Gasteiger partial charge in [-0.25, -0.2) is 9.97 Å². The summed E-state index contributed by atoms with van der Waals surface area (Å²) < 4.78 is 5.97. The summed E-state index contributed by atoms with van der Waals surface area (Å²) in [6.45, 7) is 3.48. The van der Waals surface area contributed by atoms with Crippen molar-refractivity contribution >= 4 is 21.7 Å². The van der Waals surface area contributed by atoms with E-state index in [-0.39, 0.29) is 0 Å². The molecule has 4 nitrogen and oxygen atoms in total. The predicted octanol–water partition coefficient (Wildman–Crippen LogP) is 3.95. The second kappa shape index (κ2) is 8.10. The highest BCUT2D eigenvalue weighted by Crippen LogP contribution is 2.15. The predicted molar refractivity (Wildman–Crippen MR) is 88.2 cm³/mol. The van der Waals surface area contributed by atoms with Gasteiger partial charge in [0.15, 0.2) is 0 Å². The molecule has 112 valence electrons. The Balaban J connectivity index is 2.03. The summed E-state index contributed by atoms with van der Waals surface area (Å²) in [6, 6.07) is 10.2. The highest BCUT2D eigenvalue weighted by atomic mass is 79.9. The molecule has 2 aromatic rings. The Morgan fingerprint density at radius 2 is 2.00 bits per heavy atom. The quantitative estimate of drug-likeness (QED) is 0.768. The number of anilines is 1. The van der Waals surface area contributed by atoms with Crippen LogP contribution in [-0.2, 0) is 24.3 Å². The van der Waals surface area contributed by atoms with Crippen LogP contribution in [0.25, 0.3) is 0 Å². The molecule has 0 aliphatic carbocycles. The molecule has 5 heteroatoms. The topological polar surface area (TPSA) is 47.0 Å². The molecule has 0 atom stereocenters. The normalized spacial score (nSPS) is 10.6. The second-order valence-electron chi connectivity index (χ2n) is 4.85. The van der Waals surface area contributed by atoms with Gasteiger partial charge in [0.05, 0.1) is 6.61 Å². The van der Waals surface area contributed by atoms with E-state index in [0.29, 0.717) is 6.61 Å². The van der Waals surface area contributed by atoms with E-state index >= 15 is 0 Å². The zero-order valence-corrected chi connectivity index (χ0v) is 14.0. The lowest BCUT2D eigenvalue weighted by Gasteiger charge is -2.09. The van der Waals surface area contributed by atoms with Gasteiger partial charge in [-0.2, -0.15) is 0 Å². The number of methoxy groups -OCH3 is 1. The van der Waals surface area contributed by atoms with E-state index in [1.165, 1.54) is 11.1 Å². The molecule has 0 spiro atoms. The molecule has 0 amide bonds. The zero-order chi connectivity index (χ0) is 15.1. The fourth-order valence-corrected chi connectivity index (χ4v) is 2.50. The number of hydrogen-bond acceptors (Lipinski definition) is 4. The number of aryl methyl sites for hydroxylation is 1. The van der Waals surface area contributed by atoms with Crippen LogP contribution in [0.3, 0.4) is 0 Å². The molecule has 21 heavy (non-hydrogen) atoms. The van der Waals surface area contributed by atoms with E-state index in [0.717, 1.165) is 35.6 Å². The number of ether oxygens (including phenoxy) is 1. The molecular weight excluding hydrogens is 330 g/mol. The Morgan fingerprint density at radius 1 is 1.19 bits per heavy atom. The molecule has 0 radical (unpaired) electrons. The van der Waals surface area contributed by atoms with E-state index < -0.39 is 0 Å². The average Bonchev–Trinajstić information content (AvgIpc) is 2.46. The minimum atomic E-state index is 0.632. The number of hydrogen-bond donors (Lipinski definition) is 1. The maximum Gasteiger partial charge on any atom is 0.132 e. The lowest BCUT2D eigenvalue weighted by molar-refractivity contribution is 0.185. The number of halogens is 1. The fourth-order valence-electron chi connectivity index (χ4n) is 2.08. The molecule has 1 heterocycles. The van der Waals surface area contributed by atoms with Crippen LogP contribution in [0, 0.1) is 0 Å². The average molecular weight is 350 g/mol. The van der Waals surface area contributed by atoms with Crippen LogP contribution in [0.2, 0.25) is 0 Å². The molecule has 0 fully saturated rings. The van der Waals surface area contributed by atoms with Gasteiger partial charge < -0.3 is 10.1 Å². The third-order valence-corrected chi connectivity index (χ3v) is 3.40. The lowest BCUT2D eigenvalue weighted by atomic mass is 10.1. The van der Waals surface area contributed by atoms with Crippen molar-refractivity contribution in [3.05, 3.63) is 51.9 Å². The van der Waals surface area contributed by atoms with E-state index in [4.69, 9.17) is 4.74 Å². The highest BCUT2D eigenvalue weighted by Gasteiger charge is 2.03. The van der Waals surface area contributed by atoms with Gasteiger partial charge in [-0.15, -0.1) is 0 Å². The molecule has 0 bridgehead atoms. The van der Waals surface area contributed by atoms with Gasteiger partial charge in [-0.05, 0) is 33.5 Å². The lowest BCUT2D eigenvalue weighted by Crippen LogP contribution is -2.05. The van der Waals surface area contributed by atoms with E-state index in [1.807, 2.05) is 12.1 Å². The van der Waals surface area contributed by atoms with Crippen molar-refractivity contribution in [2.24, 2.45) is 0 Å². The molecule has 1 aromatic carbocycles. The van der Waals surface area contributed by atoms with Gasteiger partial charge in [-0.3, -0.25) is 0 Å². The monoisotopic (exact) mass is 349 g/mol. The maximum absolute atomic E-state index is 5.16. The summed E-state index contributed by atoms with van der Waals surface area (Å²) in [7, 11) is 1.71. The summed E-state index contributed by atoms with van der Waals surface area (Å²) in [5.74, 6) is 1.71. The summed E-state index contributed by atoms with van der Waals surface area (Å²) in [6.07, 6.45) is 1.92. The smallest absolute Gasteiger partial charge is 0.132 e. The number of benzene rings is 1. The van der Waals surface area contributed by atoms with Crippen LogP contribution in [-0.4, -0.2) is 17.1 Å². The Morgan fingerprint density at radius 3 is 2.76 bits per heavy atom. The Labute approximate surface area is 134 Å². The van der Waals surface area contributed by atoms with Crippen molar-refractivity contribution in [1.82, 2.24) is 9.97 Å². The van der Waals surface area contributed by atoms with E-state index in [2.05, 4.69) is 56.3 Å². The van der Waals surface area contributed by atoms with Gasteiger partial charge in [0.25, 0.3) is 0 Å². The zero-order valence-electron chi connectivity index (χ0n) is 12.4. The molecule has 0 saturated carbocycles. The van der Waals surface area contributed by atoms with Gasteiger partial charge in [0.1, 0.15) is 16.2 Å². The summed E-state index contributed by atoms with van der Waals surface area (Å²) >= 11 is 3.43. The van der Waals surface area contributed by atoms with Crippen molar-refractivity contribution in [3.63, 3.8) is 0 Å². The van der Waals surface area contributed by atoms with Gasteiger partial charge in [0.2, 0.25) is 0 Å². The molecule has 0 aliphatic heterocycles. The largest absolute Gasteiger partial charge is 0.380 e. The van der Waals surface area contributed by atoms with Gasteiger partial charge >= 0.3 is 0 Å². The summed E-state index contributed by atoms with van der Waals surface area (Å²) in [5, 5.41) is 3.35. The standard InChI is InChI=1S/C16H20BrN3O/c1-3-5-15-19-14(17)9-16(20-15)18-10-12-6-4-7-13(8-12)11-21-2/h4,6-9H,3,5,10-11H2,1-2H3,(H,18,19,20). The van der Waals surface area contributed by atoms with Gasteiger partial charge in [-0.1, -0.05) is 31.2 Å². The molecule has 1 aromatic heterocycles. The van der Waals surface area contributed by atoms with Crippen molar-refractivity contribution in [3.8, 4) is 0 Å². The minimum Gasteiger partial charge on any atom is -0.380 e. The molecule has 0 saturated heterocycles. The van der Waals surface area contributed by atoms with Crippen LogP contribution < -0.4 is 5.32 Å². The first-order valence-electron chi connectivity index (χ1n) is 7.05. The summed E-state index contributed by atoms with van der Waals surface area (Å²) in [4.78, 5) is 8.89. The number of nitrogens with zero attached hydrogens (tertiary/aromatic N) is 2. The Bertz CT molecular complexity index is 589. The van der Waals surface area contributed by atoms with Crippen LogP contribution in [0.15, 0.2) is 34.9 Å². The SMILES string of the molecule is CCCc1nc(Br)cc(NCc2cccc(COC)c2)n1. The van der Waals surface area contributed by atoms with Crippen molar-refractivity contribution in [1.29, 1.82) is 0 Å². The number of nitrogens with one attached hydrogen (secondary N) is 1. The Kier molecular flexibility index (Phi) is 6.14. The van der Waals surface area contributed by atoms with Crippen molar-refractivity contribution < 1.29 is 4.74 Å². The number of rotatable bonds is 7. The molecule has 1 N–H and O–H groups in total. The number of aromatic nitrogens is 2. The first kappa shape index (κ1) is 15.9. The van der Waals surface area contributed by atoms with Gasteiger partial charge in [0, 0.05) is 26.1 Å². The first-order chi connectivity index (χ1) is 10.2. The van der Waals surface area contributed by atoms with Crippen LogP contribution in [0.4, 0.5) is 5.82 Å². The molecular formula is C16H20BrN3O. The third kappa shape index (κ3) is 5.10. The molecule has 2 rings (SSSR count). The first-order valence-corrected chi connectivity index (χ1v) is 7.84.